The molecule has 0 spiro atoms. The van der Waals surface area contributed by atoms with E-state index in [1.165, 1.54) is 11.6 Å². The summed E-state index contributed by atoms with van der Waals surface area (Å²) in [4.78, 5) is 19.4. The number of nitrogens with zero attached hydrogens (tertiary/aromatic N) is 3. The lowest BCUT2D eigenvalue weighted by atomic mass is 9.98. The fraction of sp³-hybridized carbons (Fsp3) is 0.458. The number of methoxy groups -OCH3 is 2. The molecule has 0 aromatic heterocycles. The van der Waals surface area contributed by atoms with Crippen LogP contribution in [0.25, 0.3) is 0 Å². The van der Waals surface area contributed by atoms with E-state index in [0.29, 0.717) is 18.8 Å². The van der Waals surface area contributed by atoms with Crippen molar-refractivity contribution in [2.24, 2.45) is 0 Å². The zero-order chi connectivity index (χ0) is 21.8. The number of hydrogen-bond acceptors (Lipinski definition) is 5. The molecule has 182 valence electrons. The number of piperazine rings is 1. The van der Waals surface area contributed by atoms with Crippen molar-refractivity contribution in [3.05, 3.63) is 58.9 Å². The van der Waals surface area contributed by atoms with Crippen LogP contribution in [0.1, 0.15) is 16.7 Å². The maximum Gasteiger partial charge on any atom is 0.237 e. The van der Waals surface area contributed by atoms with E-state index in [1.807, 2.05) is 23.1 Å². The highest BCUT2D eigenvalue weighted by Gasteiger charge is 2.25. The number of carbonyl (C=O) groups excluding carboxylic acids is 1. The third-order valence-electron chi connectivity index (χ3n) is 6.19. The summed E-state index contributed by atoms with van der Waals surface area (Å²) >= 11 is 0. The highest BCUT2D eigenvalue weighted by Crippen LogP contribution is 2.33. The minimum Gasteiger partial charge on any atom is -0.493 e. The quantitative estimate of drug-likeness (QED) is 0.609. The SMILES string of the molecule is COc1cc2c(cc1OC)CN(C(=O)CN1CCN(Cc3cccc(F)c3)CC1)CC2.Cl.Cl. The molecule has 2 aliphatic heterocycles. The normalized spacial score (nSPS) is 16.3. The van der Waals surface area contributed by atoms with Crippen molar-refractivity contribution in [1.82, 2.24) is 14.7 Å². The Hall–Kier alpha value is -2.06. The van der Waals surface area contributed by atoms with Gasteiger partial charge in [-0.1, -0.05) is 12.1 Å². The highest BCUT2D eigenvalue weighted by atomic mass is 35.5. The minimum atomic E-state index is -0.194. The van der Waals surface area contributed by atoms with Crippen molar-refractivity contribution < 1.29 is 18.7 Å². The van der Waals surface area contributed by atoms with E-state index in [2.05, 4.69) is 9.80 Å². The predicted octanol–water partition coefficient (Wildman–Crippen LogP) is 3.39. The summed E-state index contributed by atoms with van der Waals surface area (Å²) in [6.45, 7) is 5.96. The number of carbonyl (C=O) groups is 1. The van der Waals surface area contributed by atoms with Gasteiger partial charge in [-0.15, -0.1) is 24.8 Å². The number of halogens is 3. The van der Waals surface area contributed by atoms with E-state index in [-0.39, 0.29) is 36.5 Å². The van der Waals surface area contributed by atoms with Crippen LogP contribution in [0.5, 0.6) is 11.5 Å². The monoisotopic (exact) mass is 499 g/mol. The van der Waals surface area contributed by atoms with Gasteiger partial charge in [0.15, 0.2) is 11.5 Å². The van der Waals surface area contributed by atoms with Gasteiger partial charge in [0.05, 0.1) is 20.8 Å². The molecule has 6 nitrogen and oxygen atoms in total. The number of fused-ring (bicyclic) bond motifs is 1. The molecule has 2 aromatic carbocycles. The second-order valence-electron chi connectivity index (χ2n) is 8.22. The molecular weight excluding hydrogens is 468 g/mol. The van der Waals surface area contributed by atoms with E-state index in [9.17, 15) is 9.18 Å². The molecule has 0 saturated carbocycles. The molecule has 1 saturated heterocycles. The Morgan fingerprint density at radius 1 is 0.909 bits per heavy atom. The first-order chi connectivity index (χ1) is 15.1. The number of benzene rings is 2. The van der Waals surface area contributed by atoms with Crippen molar-refractivity contribution in [3.8, 4) is 11.5 Å². The number of rotatable bonds is 6. The Morgan fingerprint density at radius 2 is 1.55 bits per heavy atom. The van der Waals surface area contributed by atoms with E-state index in [1.54, 1.807) is 26.4 Å². The summed E-state index contributed by atoms with van der Waals surface area (Å²) in [6.07, 6.45) is 0.822. The summed E-state index contributed by atoms with van der Waals surface area (Å²) in [6, 6.07) is 10.8. The van der Waals surface area contributed by atoms with Crippen molar-refractivity contribution in [2.45, 2.75) is 19.5 Å². The number of ether oxygens (including phenoxy) is 2. The Bertz CT molecular complexity index is 939. The van der Waals surface area contributed by atoms with Crippen LogP contribution in [-0.2, 0) is 24.3 Å². The zero-order valence-corrected chi connectivity index (χ0v) is 20.7. The highest BCUT2D eigenvalue weighted by molar-refractivity contribution is 5.85. The van der Waals surface area contributed by atoms with Crippen LogP contribution in [0.2, 0.25) is 0 Å². The first kappa shape index (κ1) is 27.2. The van der Waals surface area contributed by atoms with Gasteiger partial charge < -0.3 is 14.4 Å². The van der Waals surface area contributed by atoms with Gasteiger partial charge in [0, 0.05) is 45.8 Å². The minimum absolute atomic E-state index is 0. The van der Waals surface area contributed by atoms with E-state index < -0.39 is 0 Å². The Balaban J connectivity index is 0.00000193. The molecule has 2 aromatic rings. The average molecular weight is 500 g/mol. The molecule has 33 heavy (non-hydrogen) atoms. The van der Waals surface area contributed by atoms with Crippen LogP contribution in [0.15, 0.2) is 36.4 Å². The third-order valence-corrected chi connectivity index (χ3v) is 6.19. The van der Waals surface area contributed by atoms with Gasteiger partial charge >= 0.3 is 0 Å². The van der Waals surface area contributed by atoms with Crippen LogP contribution in [0.3, 0.4) is 0 Å². The first-order valence-corrected chi connectivity index (χ1v) is 10.8. The molecule has 4 rings (SSSR count). The molecule has 2 heterocycles. The van der Waals surface area contributed by atoms with E-state index >= 15 is 0 Å². The van der Waals surface area contributed by atoms with Gasteiger partial charge in [-0.05, 0) is 47.4 Å². The van der Waals surface area contributed by atoms with E-state index in [4.69, 9.17) is 9.47 Å². The second kappa shape index (κ2) is 12.4. The molecule has 1 fully saturated rings. The number of hydrogen-bond donors (Lipinski definition) is 0. The Kier molecular flexibility index (Phi) is 10.2. The topological polar surface area (TPSA) is 45.3 Å². The largest absolute Gasteiger partial charge is 0.493 e. The van der Waals surface area contributed by atoms with Gasteiger partial charge in [-0.3, -0.25) is 14.6 Å². The molecule has 0 bridgehead atoms. The molecule has 0 unspecified atom stereocenters. The summed E-state index contributed by atoms with van der Waals surface area (Å²) in [5.74, 6) is 1.40. The van der Waals surface area contributed by atoms with E-state index in [0.717, 1.165) is 62.6 Å². The molecule has 0 radical (unpaired) electrons. The lowest BCUT2D eigenvalue weighted by molar-refractivity contribution is -0.133. The van der Waals surface area contributed by atoms with Crippen LogP contribution >= 0.6 is 24.8 Å². The molecule has 1 amide bonds. The molecule has 0 N–H and O–H groups in total. The fourth-order valence-electron chi connectivity index (χ4n) is 4.39. The summed E-state index contributed by atoms with van der Waals surface area (Å²) < 4.78 is 24.2. The van der Waals surface area contributed by atoms with Crippen molar-refractivity contribution in [3.63, 3.8) is 0 Å². The molecule has 0 aliphatic carbocycles. The van der Waals surface area contributed by atoms with Gasteiger partial charge in [-0.2, -0.15) is 0 Å². The maximum atomic E-state index is 13.4. The zero-order valence-electron chi connectivity index (χ0n) is 19.1. The van der Waals surface area contributed by atoms with Crippen LogP contribution in [0.4, 0.5) is 4.39 Å². The number of amides is 1. The van der Waals surface area contributed by atoms with Crippen LogP contribution < -0.4 is 9.47 Å². The standard InChI is InChI=1S/C24H30FN3O3.2ClH/c1-30-22-13-19-6-7-28(16-20(19)14-23(22)31-2)24(29)17-27-10-8-26(9-11-27)15-18-4-3-5-21(25)12-18;;/h3-5,12-14H,6-11,15-17H2,1-2H3;2*1H. The van der Waals surface area contributed by atoms with Crippen molar-refractivity contribution in [2.75, 3.05) is 53.5 Å². The van der Waals surface area contributed by atoms with Crippen LogP contribution in [-0.4, -0.2) is 74.1 Å². The van der Waals surface area contributed by atoms with Crippen LogP contribution in [0, 0.1) is 5.82 Å². The fourth-order valence-corrected chi connectivity index (χ4v) is 4.39. The lowest BCUT2D eigenvalue weighted by Crippen LogP contribution is -2.50. The summed E-state index contributed by atoms with van der Waals surface area (Å²) in [7, 11) is 3.27. The van der Waals surface area contributed by atoms with Gasteiger partial charge in [-0.25, -0.2) is 4.39 Å². The smallest absolute Gasteiger partial charge is 0.237 e. The maximum absolute atomic E-state index is 13.4. The summed E-state index contributed by atoms with van der Waals surface area (Å²) in [5.41, 5.74) is 3.33. The summed E-state index contributed by atoms with van der Waals surface area (Å²) in [5, 5.41) is 0. The molecular formula is C24H32Cl2FN3O3. The van der Waals surface area contributed by atoms with Gasteiger partial charge in [0.1, 0.15) is 5.82 Å². The predicted molar refractivity (Wildman–Crippen MR) is 131 cm³/mol. The van der Waals surface area contributed by atoms with Gasteiger partial charge in [0.2, 0.25) is 5.91 Å². The Morgan fingerprint density at radius 3 is 2.18 bits per heavy atom. The first-order valence-electron chi connectivity index (χ1n) is 10.8. The average Bonchev–Trinajstić information content (AvgIpc) is 2.79. The van der Waals surface area contributed by atoms with Gasteiger partial charge in [0.25, 0.3) is 0 Å². The third kappa shape index (κ3) is 6.73. The molecule has 0 atom stereocenters. The second-order valence-corrected chi connectivity index (χ2v) is 8.22. The van der Waals surface area contributed by atoms with Crippen molar-refractivity contribution in [1.29, 1.82) is 0 Å². The Labute approximate surface area is 207 Å². The lowest BCUT2D eigenvalue weighted by Gasteiger charge is -2.36. The molecule has 9 heteroatoms. The molecule has 2 aliphatic rings. The van der Waals surface area contributed by atoms with Crippen molar-refractivity contribution >= 4 is 30.7 Å².